The molecule has 0 rings (SSSR count). The number of hydrogen-bond acceptors (Lipinski definition) is 6. The van der Waals surface area contributed by atoms with E-state index in [2.05, 4.69) is 80.7 Å². The van der Waals surface area contributed by atoms with Crippen molar-refractivity contribution in [3.05, 3.63) is 72.9 Å². The molecule has 8 nitrogen and oxygen atoms in total. The molecule has 0 aliphatic heterocycles. The van der Waals surface area contributed by atoms with Crippen molar-refractivity contribution < 1.29 is 38.2 Å². The number of carbonyl (C=O) groups excluding carboxylic acids is 2. The van der Waals surface area contributed by atoms with Gasteiger partial charge in [0.25, 0.3) is 0 Å². The number of ether oxygens (including phenoxy) is 3. The van der Waals surface area contributed by atoms with E-state index in [4.69, 9.17) is 14.2 Å². The molecule has 8 heteroatoms. The Kier molecular flexibility index (Phi) is 39.2. The average molecular weight is 827 g/mol. The van der Waals surface area contributed by atoms with E-state index in [0.717, 1.165) is 77.0 Å². The van der Waals surface area contributed by atoms with E-state index in [1.165, 1.54) is 70.6 Å². The molecule has 0 aromatic carbocycles. The topological polar surface area (TPSA) is 99.1 Å². The number of carboxylic acid groups (broad SMARTS) is 1. The van der Waals surface area contributed by atoms with Gasteiger partial charge in [0, 0.05) is 19.3 Å². The summed E-state index contributed by atoms with van der Waals surface area (Å²) >= 11 is 0. The summed E-state index contributed by atoms with van der Waals surface area (Å²) in [6, 6.07) is -0.624. The van der Waals surface area contributed by atoms with Gasteiger partial charge in [-0.3, -0.25) is 9.59 Å². The Hall–Kier alpha value is -3.23. The summed E-state index contributed by atoms with van der Waals surface area (Å²) in [5.74, 6) is -1.51. The first-order chi connectivity index (χ1) is 28.6. The number of carboxylic acids is 1. The van der Waals surface area contributed by atoms with Gasteiger partial charge < -0.3 is 23.8 Å². The quantitative estimate of drug-likeness (QED) is 0.0215. The zero-order valence-electron chi connectivity index (χ0n) is 38.4. The third-order valence-electron chi connectivity index (χ3n) is 10.2. The Morgan fingerprint density at radius 3 is 1.46 bits per heavy atom. The molecule has 338 valence electrons. The molecule has 0 amide bonds. The molecule has 0 saturated carbocycles. The van der Waals surface area contributed by atoms with Gasteiger partial charge >= 0.3 is 17.9 Å². The molecule has 0 aliphatic carbocycles. The first-order valence-corrected chi connectivity index (χ1v) is 23.5. The highest BCUT2D eigenvalue weighted by atomic mass is 16.6. The molecule has 0 heterocycles. The average Bonchev–Trinajstić information content (AvgIpc) is 3.19. The third kappa shape index (κ3) is 40.0. The van der Waals surface area contributed by atoms with Crippen molar-refractivity contribution >= 4 is 17.9 Å². The molecule has 0 aliphatic rings. The second kappa shape index (κ2) is 41.5. The number of unbranched alkanes of at least 4 members (excludes halogenated alkanes) is 18. The van der Waals surface area contributed by atoms with Crippen LogP contribution in [-0.2, 0) is 28.6 Å². The Morgan fingerprint density at radius 1 is 0.525 bits per heavy atom. The molecule has 0 aromatic heterocycles. The summed E-state index contributed by atoms with van der Waals surface area (Å²) in [5.41, 5.74) is 0. The predicted molar refractivity (Wildman–Crippen MR) is 247 cm³/mol. The molecule has 0 aromatic rings. The van der Waals surface area contributed by atoms with Crippen molar-refractivity contribution in [2.24, 2.45) is 0 Å². The van der Waals surface area contributed by atoms with Crippen LogP contribution in [0.5, 0.6) is 0 Å². The second-order valence-electron chi connectivity index (χ2n) is 16.7. The van der Waals surface area contributed by atoms with Crippen molar-refractivity contribution in [1.82, 2.24) is 0 Å². The minimum atomic E-state index is -0.883. The normalized spacial score (nSPS) is 13.6. The number of aliphatic carboxylic acids is 1. The van der Waals surface area contributed by atoms with Gasteiger partial charge in [0.15, 0.2) is 12.1 Å². The first-order valence-electron chi connectivity index (χ1n) is 23.5. The van der Waals surface area contributed by atoms with Crippen LogP contribution < -0.4 is 0 Å². The number of allylic oxidation sites excluding steroid dienone is 12. The van der Waals surface area contributed by atoms with Crippen molar-refractivity contribution in [3.8, 4) is 0 Å². The standard InChI is InChI=1S/C51H87NO7/c1-6-8-10-12-14-16-18-20-22-24-26-28-30-32-34-36-38-40-42-50(54)59-47(45-57-44-43-48(51(55)56)52(3,4)5)46-58-49(53)41-39-37-35-33-31-29-27-25-23-21-19-17-15-13-11-9-7-2/h14-18,20-24,26,28,47-48H,6-13,19,25,27,29-46H2,1-5H3/p+1/b16-14+,17-15+,20-18+,23-21+,24-22+,28-26+. The van der Waals surface area contributed by atoms with Crippen LogP contribution in [0.4, 0.5) is 0 Å². The van der Waals surface area contributed by atoms with Crippen LogP contribution in [0, 0.1) is 0 Å². The van der Waals surface area contributed by atoms with Crippen molar-refractivity contribution in [1.29, 1.82) is 0 Å². The van der Waals surface area contributed by atoms with Gasteiger partial charge in [-0.25, -0.2) is 4.79 Å². The molecule has 59 heavy (non-hydrogen) atoms. The van der Waals surface area contributed by atoms with Crippen LogP contribution in [0.2, 0.25) is 0 Å². The molecular formula is C51H88NO7+. The zero-order chi connectivity index (χ0) is 43.5. The molecule has 2 atom stereocenters. The molecular weight excluding hydrogens is 739 g/mol. The lowest BCUT2D eigenvalue weighted by atomic mass is 10.1. The fraction of sp³-hybridized carbons (Fsp3) is 0.706. The van der Waals surface area contributed by atoms with Crippen LogP contribution in [0.25, 0.3) is 0 Å². The largest absolute Gasteiger partial charge is 0.477 e. The smallest absolute Gasteiger partial charge is 0.362 e. The Labute approximate surface area is 361 Å². The minimum absolute atomic E-state index is 0.0453. The second-order valence-corrected chi connectivity index (χ2v) is 16.7. The molecule has 1 N–H and O–H groups in total. The molecule has 0 fully saturated rings. The maximum absolute atomic E-state index is 12.7. The van der Waals surface area contributed by atoms with E-state index >= 15 is 0 Å². The van der Waals surface area contributed by atoms with E-state index in [1.807, 2.05) is 27.2 Å². The summed E-state index contributed by atoms with van der Waals surface area (Å²) in [7, 11) is 5.51. The molecule has 0 saturated heterocycles. The molecule has 2 unspecified atom stereocenters. The summed E-state index contributed by atoms with van der Waals surface area (Å²) in [5, 5.41) is 9.63. The number of carbonyl (C=O) groups is 3. The third-order valence-corrected chi connectivity index (χ3v) is 10.2. The highest BCUT2D eigenvalue weighted by Gasteiger charge is 2.31. The summed E-state index contributed by atoms with van der Waals surface area (Å²) < 4.78 is 17.3. The van der Waals surface area contributed by atoms with Crippen LogP contribution in [0.3, 0.4) is 0 Å². The fourth-order valence-corrected chi connectivity index (χ4v) is 6.49. The van der Waals surface area contributed by atoms with Gasteiger partial charge in [-0.1, -0.05) is 164 Å². The van der Waals surface area contributed by atoms with Gasteiger partial charge in [0.05, 0.1) is 34.4 Å². The first kappa shape index (κ1) is 55.8. The lowest BCUT2D eigenvalue weighted by Gasteiger charge is -2.31. The van der Waals surface area contributed by atoms with Gasteiger partial charge in [-0.15, -0.1) is 0 Å². The lowest BCUT2D eigenvalue weighted by molar-refractivity contribution is -0.887. The van der Waals surface area contributed by atoms with Gasteiger partial charge in [-0.05, 0) is 70.6 Å². The lowest BCUT2D eigenvalue weighted by Crippen LogP contribution is -2.50. The molecule has 0 spiro atoms. The monoisotopic (exact) mass is 827 g/mol. The predicted octanol–water partition coefficient (Wildman–Crippen LogP) is 13.1. The van der Waals surface area contributed by atoms with E-state index < -0.39 is 18.1 Å². The van der Waals surface area contributed by atoms with Crippen LogP contribution in [-0.4, -0.2) is 80.6 Å². The number of hydrogen-bond donors (Lipinski definition) is 1. The van der Waals surface area contributed by atoms with Gasteiger partial charge in [0.2, 0.25) is 0 Å². The number of quaternary nitrogens is 1. The fourth-order valence-electron chi connectivity index (χ4n) is 6.49. The van der Waals surface area contributed by atoms with E-state index in [0.29, 0.717) is 19.3 Å². The Morgan fingerprint density at radius 2 is 0.966 bits per heavy atom. The van der Waals surface area contributed by atoms with Gasteiger partial charge in [0.1, 0.15) is 6.61 Å². The highest BCUT2D eigenvalue weighted by molar-refractivity contribution is 5.72. The number of esters is 2. The summed E-state index contributed by atoms with van der Waals surface area (Å²) in [4.78, 5) is 37.1. The van der Waals surface area contributed by atoms with E-state index in [1.54, 1.807) is 0 Å². The van der Waals surface area contributed by atoms with Crippen LogP contribution in [0.1, 0.15) is 181 Å². The van der Waals surface area contributed by atoms with Crippen LogP contribution >= 0.6 is 0 Å². The van der Waals surface area contributed by atoms with Gasteiger partial charge in [-0.2, -0.15) is 0 Å². The summed E-state index contributed by atoms with van der Waals surface area (Å²) in [6.45, 7) is 4.63. The van der Waals surface area contributed by atoms with E-state index in [-0.39, 0.29) is 36.2 Å². The van der Waals surface area contributed by atoms with Crippen molar-refractivity contribution in [3.63, 3.8) is 0 Å². The maximum atomic E-state index is 12.7. The number of rotatable bonds is 41. The number of nitrogens with zero attached hydrogens (tertiary/aromatic N) is 1. The number of likely N-dealkylation sites (N-methyl/N-ethyl adjacent to an activating group) is 1. The minimum Gasteiger partial charge on any atom is -0.477 e. The summed E-state index contributed by atoms with van der Waals surface area (Å²) in [6.07, 6.45) is 52.2. The highest BCUT2D eigenvalue weighted by Crippen LogP contribution is 2.13. The van der Waals surface area contributed by atoms with Crippen molar-refractivity contribution in [2.45, 2.75) is 193 Å². The maximum Gasteiger partial charge on any atom is 0.362 e. The Bertz CT molecular complexity index is 1190. The van der Waals surface area contributed by atoms with Crippen LogP contribution in [0.15, 0.2) is 72.9 Å². The molecule has 0 bridgehead atoms. The van der Waals surface area contributed by atoms with E-state index in [9.17, 15) is 19.5 Å². The van der Waals surface area contributed by atoms with Crippen molar-refractivity contribution in [2.75, 3.05) is 41.0 Å². The Balaban J connectivity index is 4.39. The zero-order valence-corrected chi connectivity index (χ0v) is 38.4. The molecule has 0 radical (unpaired) electrons. The SMILES string of the molecule is CCCCC/C=C/C=C/C=C/C=C/CCCCCCCC(=O)OC(COCCC(C(=O)O)[N+](C)(C)C)COC(=O)CCCCCCCCC/C=C/C/C=C/CCCCC.